The summed E-state index contributed by atoms with van der Waals surface area (Å²) in [7, 11) is 0. The molecule has 0 atom stereocenters. The Bertz CT molecular complexity index is 430. The maximum atomic E-state index is 3.63. The summed E-state index contributed by atoms with van der Waals surface area (Å²) in [5, 5.41) is 0. The van der Waals surface area contributed by atoms with E-state index in [-0.39, 0.29) is 0 Å². The molecule has 0 heterocycles. The van der Waals surface area contributed by atoms with Gasteiger partial charge in [-0.1, -0.05) is 98.1 Å². The van der Waals surface area contributed by atoms with Gasteiger partial charge in [-0.15, -0.1) is 0 Å². The van der Waals surface area contributed by atoms with Gasteiger partial charge in [0.1, 0.15) is 0 Å². The Morgan fingerprint density at radius 2 is 0.900 bits per heavy atom. The molecule has 2 rings (SSSR count). The van der Waals surface area contributed by atoms with Crippen LogP contribution in [0.4, 0.5) is 0 Å². The Labute approximate surface area is 123 Å². The second kappa shape index (κ2) is 13.1. The number of hydrogen-bond acceptors (Lipinski definition) is 0. The largest absolute Gasteiger partial charge is 0.0985 e. The maximum absolute atomic E-state index is 3.63. The van der Waals surface area contributed by atoms with Crippen molar-refractivity contribution in [1.82, 2.24) is 0 Å². The molecule has 2 aromatic rings. The van der Waals surface area contributed by atoms with E-state index in [4.69, 9.17) is 0 Å². The highest BCUT2D eigenvalue weighted by molar-refractivity contribution is 5.46. The highest BCUT2D eigenvalue weighted by Crippen LogP contribution is 1.98. The van der Waals surface area contributed by atoms with Crippen LogP contribution >= 0.6 is 0 Å². The van der Waals surface area contributed by atoms with Crippen molar-refractivity contribution in [3.63, 3.8) is 0 Å². The second-order valence-corrected chi connectivity index (χ2v) is 3.90. The molecule has 0 aliphatic heterocycles. The normalized spacial score (nSPS) is 8.70. The average molecular weight is 264 g/mol. The predicted octanol–water partition coefficient (Wildman–Crippen LogP) is 6.24. The quantitative estimate of drug-likeness (QED) is 0.563. The minimum absolute atomic E-state index is 1.17. The molecule has 0 radical (unpaired) electrons. The highest BCUT2D eigenvalue weighted by Gasteiger charge is 1.76. The summed E-state index contributed by atoms with van der Waals surface area (Å²) in [5.41, 5.74) is 2.35. The van der Waals surface area contributed by atoms with Crippen LogP contribution in [0.1, 0.15) is 25.0 Å². The number of benzene rings is 2. The fraction of sp³-hybridized carbons (Fsp3) is 0.100. The van der Waals surface area contributed by atoms with Crippen LogP contribution in [0.25, 0.3) is 12.2 Å². The lowest BCUT2D eigenvalue weighted by molar-refractivity contribution is 1.64. The molecule has 0 aromatic heterocycles. The number of allylic oxidation sites excluding steroid dienone is 2. The third kappa shape index (κ3) is 9.67. The first-order chi connectivity index (χ1) is 9.78. The minimum Gasteiger partial charge on any atom is -0.0985 e. The van der Waals surface area contributed by atoms with Crippen LogP contribution in [0.15, 0.2) is 86.0 Å². The van der Waals surface area contributed by atoms with E-state index in [9.17, 15) is 0 Å². The fourth-order valence-electron chi connectivity index (χ4n) is 1.18. The Kier molecular flexibility index (Phi) is 11.6. The molecule has 104 valence electrons. The summed E-state index contributed by atoms with van der Waals surface area (Å²) in [6, 6.07) is 20.1. The zero-order valence-corrected chi connectivity index (χ0v) is 12.5. The van der Waals surface area contributed by atoms with Crippen LogP contribution in [0.2, 0.25) is 0 Å². The molecule has 2 aromatic carbocycles. The van der Waals surface area contributed by atoms with Crippen LogP contribution < -0.4 is 0 Å². The molecule has 0 saturated carbocycles. The smallest absolute Gasteiger partial charge is 0.0263 e. The van der Waals surface area contributed by atoms with E-state index in [1.165, 1.54) is 11.1 Å². The molecule has 0 unspecified atom stereocenters. The Balaban J connectivity index is 0.000000289. The molecular weight excluding hydrogens is 240 g/mol. The van der Waals surface area contributed by atoms with Gasteiger partial charge in [0, 0.05) is 0 Å². The first kappa shape index (κ1) is 17.7. The van der Waals surface area contributed by atoms with E-state index >= 15 is 0 Å². The molecule has 0 aliphatic carbocycles. The molecule has 0 aliphatic rings. The Hall–Kier alpha value is -2.34. The first-order valence-corrected chi connectivity index (χ1v) is 6.70. The summed E-state index contributed by atoms with van der Waals surface area (Å²) >= 11 is 0. The van der Waals surface area contributed by atoms with Crippen molar-refractivity contribution in [2.45, 2.75) is 13.8 Å². The van der Waals surface area contributed by atoms with Gasteiger partial charge >= 0.3 is 0 Å². The number of rotatable bonds is 2. The molecular formula is C20H24. The lowest BCUT2D eigenvalue weighted by Gasteiger charge is -1.85. The van der Waals surface area contributed by atoms with Crippen molar-refractivity contribution in [1.29, 1.82) is 0 Å². The Morgan fingerprint density at radius 1 is 0.600 bits per heavy atom. The molecule has 0 spiro atoms. The van der Waals surface area contributed by atoms with Crippen molar-refractivity contribution >= 4 is 12.2 Å². The van der Waals surface area contributed by atoms with Crippen molar-refractivity contribution in [3.05, 3.63) is 97.1 Å². The highest BCUT2D eigenvalue weighted by atomic mass is 13.8. The summed E-state index contributed by atoms with van der Waals surface area (Å²) in [4.78, 5) is 0. The lowest BCUT2D eigenvalue weighted by atomic mass is 10.2. The van der Waals surface area contributed by atoms with Crippen LogP contribution in [0.5, 0.6) is 0 Å². The molecule has 0 saturated heterocycles. The monoisotopic (exact) mass is 264 g/mol. The zero-order valence-electron chi connectivity index (χ0n) is 12.5. The molecule has 0 nitrogen and oxygen atoms in total. The molecule has 0 fully saturated rings. The van der Waals surface area contributed by atoms with E-state index in [1.54, 1.807) is 0 Å². The van der Waals surface area contributed by atoms with Crippen LogP contribution in [-0.2, 0) is 0 Å². The van der Waals surface area contributed by atoms with Crippen molar-refractivity contribution in [3.8, 4) is 0 Å². The van der Waals surface area contributed by atoms with Gasteiger partial charge in [0.2, 0.25) is 0 Å². The third-order valence-corrected chi connectivity index (χ3v) is 2.40. The lowest BCUT2D eigenvalue weighted by Crippen LogP contribution is -1.63. The van der Waals surface area contributed by atoms with Crippen LogP contribution in [-0.4, -0.2) is 0 Å². The van der Waals surface area contributed by atoms with E-state index in [0.717, 1.165) is 0 Å². The predicted molar refractivity (Wildman–Crippen MR) is 93.6 cm³/mol. The van der Waals surface area contributed by atoms with Gasteiger partial charge in [-0.25, -0.2) is 0 Å². The maximum Gasteiger partial charge on any atom is -0.0263 e. The number of hydrogen-bond donors (Lipinski definition) is 0. The molecule has 20 heavy (non-hydrogen) atoms. The second-order valence-electron chi connectivity index (χ2n) is 3.90. The minimum atomic E-state index is 1.17. The third-order valence-electron chi connectivity index (χ3n) is 2.40. The topological polar surface area (TPSA) is 0 Å². The van der Waals surface area contributed by atoms with Gasteiger partial charge in [0.15, 0.2) is 0 Å². The van der Waals surface area contributed by atoms with Crippen LogP contribution in [0.3, 0.4) is 0 Å². The molecule has 0 heteroatoms. The van der Waals surface area contributed by atoms with E-state index in [1.807, 2.05) is 98.8 Å². The van der Waals surface area contributed by atoms with Gasteiger partial charge in [0.05, 0.1) is 0 Å². The van der Waals surface area contributed by atoms with Crippen molar-refractivity contribution < 1.29 is 0 Å². The standard InChI is InChI=1S/2C8H8.C4H8/c2*1-2-8-6-4-3-5-7-8;1-3-4-2/h2*2-7H,1H2;3-4H,1-2H3. The first-order valence-electron chi connectivity index (χ1n) is 6.70. The van der Waals surface area contributed by atoms with Gasteiger partial charge in [-0.2, -0.15) is 0 Å². The molecule has 0 amide bonds. The molecule has 0 bridgehead atoms. The van der Waals surface area contributed by atoms with Crippen LogP contribution in [0, 0.1) is 0 Å². The van der Waals surface area contributed by atoms with E-state index in [0.29, 0.717) is 0 Å². The van der Waals surface area contributed by atoms with E-state index < -0.39 is 0 Å². The van der Waals surface area contributed by atoms with Gasteiger partial charge in [0.25, 0.3) is 0 Å². The molecule has 0 N–H and O–H groups in total. The average Bonchev–Trinajstić information content (AvgIpc) is 2.57. The summed E-state index contributed by atoms with van der Waals surface area (Å²) < 4.78 is 0. The fourth-order valence-corrected chi connectivity index (χ4v) is 1.18. The SMILES string of the molecule is C=Cc1ccccc1.C=Cc1ccccc1.CC=CC. The summed E-state index contributed by atoms with van der Waals surface area (Å²) in [6.07, 6.45) is 7.67. The van der Waals surface area contributed by atoms with Gasteiger partial charge < -0.3 is 0 Å². The van der Waals surface area contributed by atoms with Crippen molar-refractivity contribution in [2.24, 2.45) is 0 Å². The van der Waals surface area contributed by atoms with Crippen molar-refractivity contribution in [2.75, 3.05) is 0 Å². The van der Waals surface area contributed by atoms with Gasteiger partial charge in [-0.05, 0) is 25.0 Å². The summed E-state index contributed by atoms with van der Waals surface area (Å²) in [5.74, 6) is 0. The Morgan fingerprint density at radius 3 is 1.05 bits per heavy atom. The zero-order chi connectivity index (χ0) is 15.1. The van der Waals surface area contributed by atoms with Gasteiger partial charge in [-0.3, -0.25) is 0 Å². The summed E-state index contributed by atoms with van der Waals surface area (Å²) in [6.45, 7) is 11.3. The van der Waals surface area contributed by atoms with E-state index in [2.05, 4.69) is 13.2 Å².